The molecule has 0 bridgehead atoms. The van der Waals surface area contributed by atoms with Gasteiger partial charge in [0.05, 0.1) is 14.5 Å². The summed E-state index contributed by atoms with van der Waals surface area (Å²) in [6.07, 6.45) is 1.48. The minimum atomic E-state index is -0.987. The van der Waals surface area contributed by atoms with Crippen molar-refractivity contribution in [3.05, 3.63) is 96.3 Å². The van der Waals surface area contributed by atoms with Gasteiger partial charge >= 0.3 is 5.97 Å². The van der Waals surface area contributed by atoms with E-state index in [-0.39, 0.29) is 17.7 Å². The first kappa shape index (κ1) is 24.7. The number of carboxylic acids is 1. The summed E-state index contributed by atoms with van der Waals surface area (Å²) in [6.45, 7) is 0.227. The average Bonchev–Trinajstić information content (AvgIpc) is 2.77. The Morgan fingerprint density at radius 3 is 2.27 bits per heavy atom. The number of carbonyl (C=O) groups is 2. The van der Waals surface area contributed by atoms with Crippen molar-refractivity contribution in [3.63, 3.8) is 0 Å². The SMILES string of the molecule is N#C/C(=C/c1cc(Br)c(OCc2ccc(C(=O)O)cc2)c(Br)c1)C(=O)Nc1cccc(Br)c1. The zero-order valence-electron chi connectivity index (χ0n) is 16.8. The Morgan fingerprint density at radius 1 is 1.03 bits per heavy atom. The van der Waals surface area contributed by atoms with Crippen molar-refractivity contribution in [1.82, 2.24) is 0 Å². The standard InChI is InChI=1S/C24H15Br3N2O4/c25-18-2-1-3-19(11-18)29-23(30)17(12-28)8-15-9-20(26)22(21(27)10-15)33-13-14-4-6-16(7-5-14)24(31)32/h1-11H,13H2,(H,29,30)(H,31,32)/b17-8-. The average molecular weight is 635 g/mol. The summed E-state index contributed by atoms with van der Waals surface area (Å²) in [5.74, 6) is -0.974. The highest BCUT2D eigenvalue weighted by Crippen LogP contribution is 2.36. The van der Waals surface area contributed by atoms with Crippen LogP contribution in [0.3, 0.4) is 0 Å². The van der Waals surface area contributed by atoms with Crippen molar-refractivity contribution in [2.24, 2.45) is 0 Å². The molecular weight excluding hydrogens is 620 g/mol. The Labute approximate surface area is 215 Å². The molecule has 33 heavy (non-hydrogen) atoms. The molecular formula is C24H15Br3N2O4. The molecule has 0 aliphatic rings. The fourth-order valence-corrected chi connectivity index (χ4v) is 4.63. The van der Waals surface area contributed by atoms with Crippen molar-refractivity contribution < 1.29 is 19.4 Å². The maximum absolute atomic E-state index is 12.5. The smallest absolute Gasteiger partial charge is 0.335 e. The van der Waals surface area contributed by atoms with E-state index in [2.05, 4.69) is 53.1 Å². The maximum Gasteiger partial charge on any atom is 0.335 e. The van der Waals surface area contributed by atoms with E-state index < -0.39 is 11.9 Å². The molecule has 3 aromatic rings. The number of nitrogens with zero attached hydrogens (tertiary/aromatic N) is 1. The van der Waals surface area contributed by atoms with Crippen LogP contribution in [0.2, 0.25) is 0 Å². The van der Waals surface area contributed by atoms with Crippen LogP contribution in [-0.4, -0.2) is 17.0 Å². The number of nitrogens with one attached hydrogen (secondary N) is 1. The van der Waals surface area contributed by atoms with Crippen molar-refractivity contribution in [3.8, 4) is 11.8 Å². The highest BCUT2D eigenvalue weighted by atomic mass is 79.9. The molecule has 0 aliphatic heterocycles. The third-order valence-corrected chi connectivity index (χ3v) is 6.03. The van der Waals surface area contributed by atoms with E-state index in [0.29, 0.717) is 25.9 Å². The zero-order chi connectivity index (χ0) is 24.0. The lowest BCUT2D eigenvalue weighted by Crippen LogP contribution is -2.13. The first-order valence-corrected chi connectivity index (χ1v) is 11.8. The quantitative estimate of drug-likeness (QED) is 0.220. The molecule has 0 saturated carbocycles. The second-order valence-electron chi connectivity index (χ2n) is 6.74. The Balaban J connectivity index is 1.75. The summed E-state index contributed by atoms with van der Waals surface area (Å²) in [7, 11) is 0. The number of carbonyl (C=O) groups excluding carboxylic acids is 1. The molecule has 6 nitrogen and oxygen atoms in total. The predicted octanol–water partition coefficient (Wildman–Crippen LogP) is 6.80. The normalized spacial score (nSPS) is 10.9. The molecule has 0 radical (unpaired) electrons. The first-order valence-electron chi connectivity index (χ1n) is 9.39. The monoisotopic (exact) mass is 632 g/mol. The van der Waals surface area contributed by atoms with E-state index >= 15 is 0 Å². The lowest BCUT2D eigenvalue weighted by atomic mass is 10.1. The van der Waals surface area contributed by atoms with E-state index in [0.717, 1.165) is 10.0 Å². The van der Waals surface area contributed by atoms with Gasteiger partial charge < -0.3 is 15.2 Å². The van der Waals surface area contributed by atoms with Gasteiger partial charge in [-0.05, 0) is 91.5 Å². The molecule has 0 aliphatic carbocycles. The van der Waals surface area contributed by atoms with Crippen LogP contribution >= 0.6 is 47.8 Å². The number of aromatic carboxylic acids is 1. The number of benzene rings is 3. The van der Waals surface area contributed by atoms with E-state index in [1.165, 1.54) is 18.2 Å². The number of anilines is 1. The van der Waals surface area contributed by atoms with Crippen LogP contribution in [0.15, 0.2) is 79.7 Å². The van der Waals surface area contributed by atoms with Gasteiger partial charge in [-0.1, -0.05) is 34.1 Å². The van der Waals surface area contributed by atoms with Gasteiger partial charge in [-0.15, -0.1) is 0 Å². The molecule has 0 heterocycles. The number of carboxylic acid groups (broad SMARTS) is 1. The summed E-state index contributed by atoms with van der Waals surface area (Å²) in [6, 6.07) is 18.9. The number of amides is 1. The van der Waals surface area contributed by atoms with Crippen molar-refractivity contribution in [2.75, 3.05) is 5.32 Å². The van der Waals surface area contributed by atoms with Gasteiger partial charge in [-0.3, -0.25) is 4.79 Å². The number of hydrogen-bond acceptors (Lipinski definition) is 4. The van der Waals surface area contributed by atoms with Gasteiger partial charge in [0, 0.05) is 10.2 Å². The van der Waals surface area contributed by atoms with Gasteiger partial charge in [0.1, 0.15) is 24.0 Å². The molecule has 0 atom stereocenters. The largest absolute Gasteiger partial charge is 0.487 e. The summed E-state index contributed by atoms with van der Waals surface area (Å²) in [5.41, 5.74) is 2.14. The molecule has 3 aromatic carbocycles. The minimum Gasteiger partial charge on any atom is -0.487 e. The molecule has 1 amide bonds. The second-order valence-corrected chi connectivity index (χ2v) is 9.36. The lowest BCUT2D eigenvalue weighted by Gasteiger charge is -2.12. The van der Waals surface area contributed by atoms with E-state index in [4.69, 9.17) is 9.84 Å². The molecule has 166 valence electrons. The fourth-order valence-electron chi connectivity index (χ4n) is 2.78. The fraction of sp³-hybridized carbons (Fsp3) is 0.0417. The Morgan fingerprint density at radius 2 is 1.70 bits per heavy atom. The van der Waals surface area contributed by atoms with Crippen LogP contribution in [0.1, 0.15) is 21.5 Å². The minimum absolute atomic E-state index is 0.0547. The molecule has 0 unspecified atom stereocenters. The van der Waals surface area contributed by atoms with E-state index in [9.17, 15) is 14.9 Å². The van der Waals surface area contributed by atoms with Crippen LogP contribution in [0.25, 0.3) is 6.08 Å². The first-order chi connectivity index (χ1) is 15.8. The van der Waals surface area contributed by atoms with Gasteiger partial charge in [0.15, 0.2) is 0 Å². The van der Waals surface area contributed by atoms with E-state index in [1.807, 2.05) is 12.1 Å². The van der Waals surface area contributed by atoms with Gasteiger partial charge in [0.2, 0.25) is 0 Å². The maximum atomic E-state index is 12.5. The molecule has 0 saturated heterocycles. The Hall–Kier alpha value is -2.93. The topological polar surface area (TPSA) is 99.4 Å². The summed E-state index contributed by atoms with van der Waals surface area (Å²) >= 11 is 10.3. The molecule has 9 heteroatoms. The van der Waals surface area contributed by atoms with E-state index in [1.54, 1.807) is 42.5 Å². The van der Waals surface area contributed by atoms with Crippen molar-refractivity contribution >= 4 is 71.4 Å². The van der Waals surface area contributed by atoms with Gasteiger partial charge in [-0.2, -0.15) is 5.26 Å². The van der Waals surface area contributed by atoms with Crippen LogP contribution in [-0.2, 0) is 11.4 Å². The van der Waals surface area contributed by atoms with Gasteiger partial charge in [0.25, 0.3) is 5.91 Å². The van der Waals surface area contributed by atoms with Crippen LogP contribution in [0, 0.1) is 11.3 Å². The summed E-state index contributed by atoms with van der Waals surface area (Å²) in [4.78, 5) is 23.5. The molecule has 0 fully saturated rings. The Bertz CT molecular complexity index is 1260. The van der Waals surface area contributed by atoms with Gasteiger partial charge in [-0.25, -0.2) is 4.79 Å². The van der Waals surface area contributed by atoms with Crippen LogP contribution in [0.5, 0.6) is 5.75 Å². The third-order valence-electron chi connectivity index (χ3n) is 4.36. The third kappa shape index (κ3) is 6.78. The highest BCUT2D eigenvalue weighted by Gasteiger charge is 2.13. The summed E-state index contributed by atoms with van der Waals surface area (Å²) in [5, 5.41) is 21.2. The molecule has 0 spiro atoms. The number of hydrogen-bond donors (Lipinski definition) is 2. The second kappa shape index (κ2) is 11.3. The molecule has 0 aromatic heterocycles. The number of halogens is 3. The zero-order valence-corrected chi connectivity index (χ0v) is 21.6. The summed E-state index contributed by atoms with van der Waals surface area (Å²) < 4.78 is 7.92. The predicted molar refractivity (Wildman–Crippen MR) is 136 cm³/mol. The van der Waals surface area contributed by atoms with Crippen molar-refractivity contribution in [2.45, 2.75) is 6.61 Å². The Kier molecular flexibility index (Phi) is 8.44. The lowest BCUT2D eigenvalue weighted by molar-refractivity contribution is -0.112. The number of rotatable bonds is 7. The van der Waals surface area contributed by atoms with Crippen molar-refractivity contribution in [1.29, 1.82) is 5.26 Å². The number of nitriles is 1. The number of ether oxygens (including phenoxy) is 1. The van der Waals surface area contributed by atoms with Crippen LogP contribution in [0.4, 0.5) is 5.69 Å². The molecule has 2 N–H and O–H groups in total. The highest BCUT2D eigenvalue weighted by molar-refractivity contribution is 9.11. The van der Waals surface area contributed by atoms with Crippen LogP contribution < -0.4 is 10.1 Å². The molecule has 3 rings (SSSR count).